The van der Waals surface area contributed by atoms with Gasteiger partial charge in [-0.3, -0.25) is 4.79 Å². The quantitative estimate of drug-likeness (QED) is 0.600. The smallest absolute Gasteiger partial charge is 0.199 e. The monoisotopic (exact) mass is 166 g/mol. The Kier molecular flexibility index (Phi) is 3.09. The number of hydrogen-bond acceptors (Lipinski definition) is 2. The number of hydrogen-bond donors (Lipinski definition) is 0. The topological polar surface area (TPSA) is 26.3 Å². The number of carbonyl (C=O) groups is 1. The van der Waals surface area contributed by atoms with Crippen LogP contribution in [0.4, 0.5) is 0 Å². The molecule has 0 fully saturated rings. The van der Waals surface area contributed by atoms with Gasteiger partial charge in [-0.05, 0) is 18.9 Å². The van der Waals surface area contributed by atoms with Crippen molar-refractivity contribution in [3.63, 3.8) is 0 Å². The van der Waals surface area contributed by atoms with Crippen molar-refractivity contribution in [3.8, 4) is 0 Å². The van der Waals surface area contributed by atoms with E-state index in [4.69, 9.17) is 4.74 Å². The van der Waals surface area contributed by atoms with E-state index < -0.39 is 0 Å². The summed E-state index contributed by atoms with van der Waals surface area (Å²) in [4.78, 5) is 11.4. The average molecular weight is 166 g/mol. The van der Waals surface area contributed by atoms with Gasteiger partial charge in [0.05, 0.1) is 0 Å². The number of Topliss-reactive ketones (excluding diaryl/α,β-unsaturated/α-hetero) is 1. The lowest BCUT2D eigenvalue weighted by atomic mass is 9.94. The van der Waals surface area contributed by atoms with Crippen LogP contribution in [0.5, 0.6) is 0 Å². The highest BCUT2D eigenvalue weighted by Gasteiger charge is 2.21. The summed E-state index contributed by atoms with van der Waals surface area (Å²) in [5.41, 5.74) is 0. The molecule has 1 atom stereocenters. The van der Waals surface area contributed by atoms with Gasteiger partial charge < -0.3 is 4.74 Å². The first-order chi connectivity index (χ1) is 5.75. The molecule has 0 aromatic carbocycles. The summed E-state index contributed by atoms with van der Waals surface area (Å²) in [6.45, 7) is 5.88. The molecule has 0 N–H and O–H groups in total. The van der Waals surface area contributed by atoms with Crippen LogP contribution < -0.4 is 0 Å². The van der Waals surface area contributed by atoms with Crippen LogP contribution in [0.3, 0.4) is 0 Å². The number of ketones is 1. The molecule has 0 spiro atoms. The van der Waals surface area contributed by atoms with E-state index in [9.17, 15) is 4.79 Å². The molecule has 0 aromatic rings. The summed E-state index contributed by atoms with van der Waals surface area (Å²) in [5, 5.41) is 0. The lowest BCUT2D eigenvalue weighted by molar-refractivity contribution is -0.122. The van der Waals surface area contributed by atoms with Gasteiger partial charge >= 0.3 is 0 Å². The van der Waals surface area contributed by atoms with Crippen LogP contribution in [0, 0.1) is 5.92 Å². The molecule has 0 aromatic heterocycles. The Morgan fingerprint density at radius 3 is 3.25 bits per heavy atom. The molecular formula is C10H14O2. The molecule has 0 radical (unpaired) electrons. The molecule has 1 rings (SSSR count). The SMILES string of the molecule is C=CCOC1=CCCC(C)C1=O. The molecular weight excluding hydrogens is 152 g/mol. The Hall–Kier alpha value is -1.05. The summed E-state index contributed by atoms with van der Waals surface area (Å²) in [7, 11) is 0. The molecule has 2 nitrogen and oxygen atoms in total. The lowest BCUT2D eigenvalue weighted by Crippen LogP contribution is -2.19. The van der Waals surface area contributed by atoms with Gasteiger partial charge in [0.15, 0.2) is 11.5 Å². The third-order valence-electron chi connectivity index (χ3n) is 1.98. The molecule has 1 unspecified atom stereocenters. The summed E-state index contributed by atoms with van der Waals surface area (Å²) < 4.78 is 5.21. The minimum atomic E-state index is 0.120. The molecule has 0 bridgehead atoms. The van der Waals surface area contributed by atoms with Crippen molar-refractivity contribution >= 4 is 5.78 Å². The van der Waals surface area contributed by atoms with E-state index in [0.717, 1.165) is 12.8 Å². The lowest BCUT2D eigenvalue weighted by Gasteiger charge is -2.17. The van der Waals surface area contributed by atoms with E-state index >= 15 is 0 Å². The van der Waals surface area contributed by atoms with Gasteiger partial charge in [0.2, 0.25) is 0 Å². The summed E-state index contributed by atoms with van der Waals surface area (Å²) >= 11 is 0. The van der Waals surface area contributed by atoms with Gasteiger partial charge in [-0.2, -0.15) is 0 Å². The highest BCUT2D eigenvalue weighted by Crippen LogP contribution is 2.20. The second-order valence-electron chi connectivity index (χ2n) is 3.01. The normalized spacial score (nSPS) is 23.2. The maximum Gasteiger partial charge on any atom is 0.199 e. The fourth-order valence-corrected chi connectivity index (χ4v) is 1.22. The standard InChI is InChI=1S/C10H14O2/c1-3-7-12-9-6-4-5-8(2)10(9)11/h3,6,8H,1,4-5,7H2,2H3. The van der Waals surface area contributed by atoms with Crippen LogP contribution in [0.25, 0.3) is 0 Å². The Balaban J connectivity index is 2.56. The first-order valence-electron chi connectivity index (χ1n) is 4.23. The van der Waals surface area contributed by atoms with Crippen molar-refractivity contribution in [1.29, 1.82) is 0 Å². The molecule has 2 heteroatoms. The van der Waals surface area contributed by atoms with Crippen molar-refractivity contribution in [2.24, 2.45) is 5.92 Å². The van der Waals surface area contributed by atoms with E-state index in [1.54, 1.807) is 6.08 Å². The van der Waals surface area contributed by atoms with E-state index in [2.05, 4.69) is 6.58 Å². The largest absolute Gasteiger partial charge is 0.486 e. The van der Waals surface area contributed by atoms with E-state index in [0.29, 0.717) is 12.4 Å². The van der Waals surface area contributed by atoms with Crippen LogP contribution in [-0.2, 0) is 9.53 Å². The predicted molar refractivity (Wildman–Crippen MR) is 47.6 cm³/mol. The first kappa shape index (κ1) is 9.04. The second-order valence-corrected chi connectivity index (χ2v) is 3.01. The van der Waals surface area contributed by atoms with Gasteiger partial charge in [0, 0.05) is 5.92 Å². The zero-order valence-corrected chi connectivity index (χ0v) is 7.38. The fraction of sp³-hybridized carbons (Fsp3) is 0.500. The van der Waals surface area contributed by atoms with Crippen LogP contribution in [0.2, 0.25) is 0 Å². The van der Waals surface area contributed by atoms with Crippen LogP contribution in [0.15, 0.2) is 24.5 Å². The Bertz CT molecular complexity index is 216. The predicted octanol–water partition coefficient (Wildman–Crippen LogP) is 2.07. The molecule has 0 heterocycles. The highest BCUT2D eigenvalue weighted by molar-refractivity contribution is 5.95. The molecule has 0 amide bonds. The molecule has 12 heavy (non-hydrogen) atoms. The average Bonchev–Trinajstić information content (AvgIpc) is 2.08. The Labute approximate surface area is 72.9 Å². The van der Waals surface area contributed by atoms with Gasteiger partial charge in [-0.1, -0.05) is 19.6 Å². The zero-order chi connectivity index (χ0) is 8.97. The van der Waals surface area contributed by atoms with E-state index in [1.165, 1.54) is 0 Å². The number of rotatable bonds is 3. The molecule has 0 saturated heterocycles. The molecule has 66 valence electrons. The van der Waals surface area contributed by atoms with Gasteiger partial charge in [0.1, 0.15) is 6.61 Å². The third-order valence-corrected chi connectivity index (χ3v) is 1.98. The van der Waals surface area contributed by atoms with Crippen LogP contribution >= 0.6 is 0 Å². The van der Waals surface area contributed by atoms with Crippen molar-refractivity contribution < 1.29 is 9.53 Å². The summed E-state index contributed by atoms with van der Waals surface area (Å²) in [5.74, 6) is 0.770. The highest BCUT2D eigenvalue weighted by atomic mass is 16.5. The van der Waals surface area contributed by atoms with Crippen LogP contribution in [-0.4, -0.2) is 12.4 Å². The number of carbonyl (C=O) groups excluding carboxylic acids is 1. The number of ether oxygens (including phenoxy) is 1. The third kappa shape index (κ3) is 1.97. The van der Waals surface area contributed by atoms with Crippen molar-refractivity contribution in [2.45, 2.75) is 19.8 Å². The Morgan fingerprint density at radius 1 is 1.83 bits per heavy atom. The minimum absolute atomic E-state index is 0.120. The summed E-state index contributed by atoms with van der Waals surface area (Å²) in [6.07, 6.45) is 5.40. The zero-order valence-electron chi connectivity index (χ0n) is 7.38. The summed E-state index contributed by atoms with van der Waals surface area (Å²) in [6, 6.07) is 0. The maximum absolute atomic E-state index is 11.4. The fourth-order valence-electron chi connectivity index (χ4n) is 1.22. The number of allylic oxidation sites excluding steroid dienone is 2. The van der Waals surface area contributed by atoms with Crippen molar-refractivity contribution in [1.82, 2.24) is 0 Å². The van der Waals surface area contributed by atoms with Gasteiger partial charge in [-0.25, -0.2) is 0 Å². The second kappa shape index (κ2) is 4.10. The molecule has 0 aliphatic heterocycles. The minimum Gasteiger partial charge on any atom is -0.486 e. The Morgan fingerprint density at radius 2 is 2.58 bits per heavy atom. The van der Waals surface area contributed by atoms with Gasteiger partial charge in [0.25, 0.3) is 0 Å². The van der Waals surface area contributed by atoms with Crippen LogP contribution in [0.1, 0.15) is 19.8 Å². The van der Waals surface area contributed by atoms with Gasteiger partial charge in [-0.15, -0.1) is 0 Å². The molecule has 0 saturated carbocycles. The maximum atomic E-state index is 11.4. The first-order valence-corrected chi connectivity index (χ1v) is 4.23. The van der Waals surface area contributed by atoms with Crippen molar-refractivity contribution in [3.05, 3.63) is 24.5 Å². The van der Waals surface area contributed by atoms with E-state index in [1.807, 2.05) is 13.0 Å². The molecule has 1 aliphatic carbocycles. The van der Waals surface area contributed by atoms with E-state index in [-0.39, 0.29) is 11.7 Å². The van der Waals surface area contributed by atoms with Crippen molar-refractivity contribution in [2.75, 3.05) is 6.61 Å². The molecule has 1 aliphatic rings.